The van der Waals surface area contributed by atoms with Gasteiger partial charge in [-0.25, -0.2) is 12.8 Å². The molecule has 7 heteroatoms. The molecular formula is C19H21FN2O3S. The lowest BCUT2D eigenvalue weighted by molar-refractivity contribution is 0.102. The van der Waals surface area contributed by atoms with Crippen molar-refractivity contribution in [2.75, 3.05) is 18.4 Å². The predicted octanol–water partition coefficient (Wildman–Crippen LogP) is 3.50. The first-order valence-electron chi connectivity index (χ1n) is 8.53. The summed E-state index contributed by atoms with van der Waals surface area (Å²) >= 11 is 0. The summed E-state index contributed by atoms with van der Waals surface area (Å²) in [7, 11) is -3.53. The molecule has 1 amide bonds. The van der Waals surface area contributed by atoms with Crippen LogP contribution in [0.4, 0.5) is 10.1 Å². The van der Waals surface area contributed by atoms with E-state index in [1.165, 1.54) is 46.8 Å². The molecular weight excluding hydrogens is 355 g/mol. The lowest BCUT2D eigenvalue weighted by Gasteiger charge is -2.30. The predicted molar refractivity (Wildman–Crippen MR) is 98.0 cm³/mol. The van der Waals surface area contributed by atoms with E-state index in [1.807, 2.05) is 6.92 Å². The van der Waals surface area contributed by atoms with Crippen molar-refractivity contribution in [2.45, 2.75) is 24.7 Å². The number of halogens is 1. The smallest absolute Gasteiger partial charge is 0.255 e. The van der Waals surface area contributed by atoms with Crippen LogP contribution in [0, 0.1) is 11.7 Å². The number of sulfonamides is 1. The number of carbonyl (C=O) groups is 1. The van der Waals surface area contributed by atoms with Crippen molar-refractivity contribution in [3.05, 3.63) is 59.9 Å². The van der Waals surface area contributed by atoms with Crippen LogP contribution < -0.4 is 5.32 Å². The van der Waals surface area contributed by atoms with Crippen molar-refractivity contribution in [1.29, 1.82) is 0 Å². The fourth-order valence-electron chi connectivity index (χ4n) is 3.06. The first kappa shape index (κ1) is 18.5. The molecule has 0 aromatic heterocycles. The van der Waals surface area contributed by atoms with Crippen LogP contribution >= 0.6 is 0 Å². The van der Waals surface area contributed by atoms with Crippen LogP contribution in [0.2, 0.25) is 0 Å². The molecule has 0 spiro atoms. The van der Waals surface area contributed by atoms with Gasteiger partial charge in [-0.1, -0.05) is 13.0 Å². The number of nitrogens with zero attached hydrogens (tertiary/aromatic N) is 1. The normalized spacial score (nSPS) is 18.5. The number of amides is 1. The minimum atomic E-state index is -3.53. The zero-order valence-electron chi connectivity index (χ0n) is 14.5. The Hall–Kier alpha value is -2.25. The van der Waals surface area contributed by atoms with Gasteiger partial charge in [0, 0.05) is 24.3 Å². The van der Waals surface area contributed by atoms with E-state index >= 15 is 0 Å². The average Bonchev–Trinajstić information content (AvgIpc) is 2.62. The molecule has 2 aromatic carbocycles. The topological polar surface area (TPSA) is 66.5 Å². The molecule has 26 heavy (non-hydrogen) atoms. The first-order chi connectivity index (χ1) is 12.4. The van der Waals surface area contributed by atoms with Gasteiger partial charge in [-0.3, -0.25) is 4.79 Å². The van der Waals surface area contributed by atoms with E-state index in [9.17, 15) is 17.6 Å². The van der Waals surface area contributed by atoms with Crippen molar-refractivity contribution in [3.63, 3.8) is 0 Å². The highest BCUT2D eigenvalue weighted by Crippen LogP contribution is 2.24. The van der Waals surface area contributed by atoms with E-state index in [2.05, 4.69) is 5.32 Å². The average molecular weight is 376 g/mol. The second kappa shape index (κ2) is 7.55. The maximum atomic E-state index is 13.2. The van der Waals surface area contributed by atoms with Crippen molar-refractivity contribution in [2.24, 2.45) is 5.92 Å². The van der Waals surface area contributed by atoms with E-state index in [0.717, 1.165) is 18.9 Å². The first-order valence-corrected chi connectivity index (χ1v) is 9.97. The molecule has 1 saturated heterocycles. The molecule has 0 bridgehead atoms. The van der Waals surface area contributed by atoms with Gasteiger partial charge >= 0.3 is 0 Å². The molecule has 2 aromatic rings. The summed E-state index contributed by atoms with van der Waals surface area (Å²) in [6.45, 7) is 3.11. The van der Waals surface area contributed by atoms with E-state index in [4.69, 9.17) is 0 Å². The van der Waals surface area contributed by atoms with Crippen LogP contribution in [0.15, 0.2) is 53.4 Å². The molecule has 0 radical (unpaired) electrons. The van der Waals surface area contributed by atoms with Crippen LogP contribution in [-0.4, -0.2) is 31.7 Å². The Morgan fingerprint density at radius 2 is 1.92 bits per heavy atom. The fourth-order valence-corrected chi connectivity index (χ4v) is 4.66. The molecule has 0 unspecified atom stereocenters. The number of rotatable bonds is 4. The van der Waals surface area contributed by atoms with Crippen LogP contribution in [-0.2, 0) is 10.0 Å². The Labute approximate surface area is 152 Å². The molecule has 1 atom stereocenters. The minimum Gasteiger partial charge on any atom is -0.322 e. The van der Waals surface area contributed by atoms with Gasteiger partial charge in [-0.2, -0.15) is 4.31 Å². The third-order valence-electron chi connectivity index (χ3n) is 4.46. The lowest BCUT2D eigenvalue weighted by atomic mass is 10.0. The summed E-state index contributed by atoms with van der Waals surface area (Å²) in [6.07, 6.45) is 1.90. The Bertz CT molecular complexity index is 897. The van der Waals surface area contributed by atoms with Gasteiger partial charge in [-0.05, 0) is 61.2 Å². The van der Waals surface area contributed by atoms with E-state index in [1.54, 1.807) is 0 Å². The van der Waals surface area contributed by atoms with Crippen LogP contribution in [0.1, 0.15) is 30.1 Å². The van der Waals surface area contributed by atoms with Crippen molar-refractivity contribution >= 4 is 21.6 Å². The van der Waals surface area contributed by atoms with Gasteiger partial charge < -0.3 is 5.32 Å². The van der Waals surface area contributed by atoms with E-state index < -0.39 is 21.7 Å². The number of benzene rings is 2. The number of anilines is 1. The van der Waals surface area contributed by atoms with Gasteiger partial charge in [0.05, 0.1) is 4.90 Å². The van der Waals surface area contributed by atoms with Crippen molar-refractivity contribution in [1.82, 2.24) is 4.31 Å². The Morgan fingerprint density at radius 3 is 2.58 bits per heavy atom. The Morgan fingerprint density at radius 1 is 1.19 bits per heavy atom. The molecule has 1 fully saturated rings. The summed E-state index contributed by atoms with van der Waals surface area (Å²) in [4.78, 5) is 12.3. The third kappa shape index (κ3) is 4.11. The Kier molecular flexibility index (Phi) is 5.38. The zero-order valence-corrected chi connectivity index (χ0v) is 15.3. The van der Waals surface area contributed by atoms with Crippen molar-refractivity contribution < 1.29 is 17.6 Å². The molecule has 5 nitrogen and oxygen atoms in total. The monoisotopic (exact) mass is 376 g/mol. The molecule has 1 aliphatic heterocycles. The number of hydrogen-bond donors (Lipinski definition) is 1. The quantitative estimate of drug-likeness (QED) is 0.888. The maximum Gasteiger partial charge on any atom is 0.255 e. The molecule has 0 aliphatic carbocycles. The number of carbonyl (C=O) groups excluding carboxylic acids is 1. The highest BCUT2D eigenvalue weighted by atomic mass is 32.2. The number of piperidine rings is 1. The van der Waals surface area contributed by atoms with Gasteiger partial charge in [0.25, 0.3) is 5.91 Å². The number of hydrogen-bond acceptors (Lipinski definition) is 3. The third-order valence-corrected chi connectivity index (χ3v) is 6.34. The standard InChI is InChI=1S/C19H21FN2O3S/c1-14-4-3-11-22(13-14)26(24,25)18-9-7-17(8-10-18)21-19(23)15-5-2-6-16(20)12-15/h2,5-10,12,14H,3-4,11,13H2,1H3,(H,21,23)/t14-/m0/s1. The van der Waals surface area contributed by atoms with E-state index in [0.29, 0.717) is 24.7 Å². The van der Waals surface area contributed by atoms with Gasteiger partial charge in [0.1, 0.15) is 5.82 Å². The molecule has 1 aliphatic rings. The van der Waals surface area contributed by atoms with Gasteiger partial charge in [0.2, 0.25) is 10.0 Å². The second-order valence-corrected chi connectivity index (χ2v) is 8.54. The van der Waals surface area contributed by atoms with Crippen LogP contribution in [0.3, 0.4) is 0 Å². The lowest BCUT2D eigenvalue weighted by Crippen LogP contribution is -2.39. The van der Waals surface area contributed by atoms with Gasteiger partial charge in [0.15, 0.2) is 0 Å². The molecule has 0 saturated carbocycles. The minimum absolute atomic E-state index is 0.198. The summed E-state index contributed by atoms with van der Waals surface area (Å²) in [5.41, 5.74) is 0.647. The summed E-state index contributed by atoms with van der Waals surface area (Å²) < 4.78 is 40.2. The van der Waals surface area contributed by atoms with Crippen molar-refractivity contribution in [3.8, 4) is 0 Å². The molecule has 138 valence electrons. The molecule has 3 rings (SSSR count). The van der Waals surface area contributed by atoms with Gasteiger partial charge in [-0.15, -0.1) is 0 Å². The summed E-state index contributed by atoms with van der Waals surface area (Å²) in [5, 5.41) is 2.64. The Balaban J connectivity index is 1.73. The molecule has 1 N–H and O–H groups in total. The SMILES string of the molecule is C[C@H]1CCCN(S(=O)(=O)c2ccc(NC(=O)c3cccc(F)c3)cc2)C1. The fraction of sp³-hybridized carbons (Fsp3) is 0.316. The number of nitrogens with one attached hydrogen (secondary N) is 1. The molecule has 1 heterocycles. The second-order valence-electron chi connectivity index (χ2n) is 6.60. The van der Waals surface area contributed by atoms with Crippen LogP contribution in [0.5, 0.6) is 0 Å². The summed E-state index contributed by atoms with van der Waals surface area (Å²) in [6, 6.07) is 11.4. The highest BCUT2D eigenvalue weighted by Gasteiger charge is 2.28. The van der Waals surface area contributed by atoms with Crippen LogP contribution in [0.25, 0.3) is 0 Å². The highest BCUT2D eigenvalue weighted by molar-refractivity contribution is 7.89. The van der Waals surface area contributed by atoms with E-state index in [-0.39, 0.29) is 10.5 Å². The summed E-state index contributed by atoms with van der Waals surface area (Å²) in [5.74, 6) is -0.594. The maximum absolute atomic E-state index is 13.2. The largest absolute Gasteiger partial charge is 0.322 e. The zero-order chi connectivity index (χ0) is 18.7.